The maximum absolute atomic E-state index is 12.2. The summed E-state index contributed by atoms with van der Waals surface area (Å²) in [7, 11) is 0. The molecule has 0 spiro atoms. The van der Waals surface area contributed by atoms with E-state index in [9.17, 15) is 4.79 Å². The van der Waals surface area contributed by atoms with Crippen LogP contribution >= 0.6 is 0 Å². The fourth-order valence-corrected chi connectivity index (χ4v) is 2.15. The quantitative estimate of drug-likeness (QED) is 0.673. The lowest BCUT2D eigenvalue weighted by Gasteiger charge is -2.06. The van der Waals surface area contributed by atoms with Crippen LogP contribution in [-0.4, -0.2) is 26.0 Å². The smallest absolute Gasteiger partial charge is 0.253 e. The number of aromatic nitrogens is 4. The minimum Gasteiger partial charge on any atom is -0.364 e. The van der Waals surface area contributed by atoms with Gasteiger partial charge in [0.2, 0.25) is 5.89 Å². The van der Waals surface area contributed by atoms with Crippen LogP contribution in [0.3, 0.4) is 0 Å². The van der Waals surface area contributed by atoms with Gasteiger partial charge in [-0.3, -0.25) is 9.78 Å². The van der Waals surface area contributed by atoms with E-state index in [1.807, 2.05) is 32.0 Å². The molecular weight excluding hydrogens is 332 g/mol. The molecule has 8 heteroatoms. The lowest BCUT2D eigenvalue weighted by atomic mass is 10.2. The molecule has 3 heterocycles. The van der Waals surface area contributed by atoms with Crippen molar-refractivity contribution < 1.29 is 9.32 Å². The summed E-state index contributed by atoms with van der Waals surface area (Å²) in [4.78, 5) is 24.9. The molecule has 0 aliphatic heterocycles. The number of carbonyl (C=O) groups is 1. The first kappa shape index (κ1) is 17.5. The summed E-state index contributed by atoms with van der Waals surface area (Å²) in [6.45, 7) is 4.69. The van der Waals surface area contributed by atoms with Gasteiger partial charge in [0.1, 0.15) is 5.82 Å². The number of hydrogen-bond acceptors (Lipinski definition) is 7. The summed E-state index contributed by atoms with van der Waals surface area (Å²) in [6, 6.07) is 9.19. The van der Waals surface area contributed by atoms with E-state index < -0.39 is 0 Å². The van der Waals surface area contributed by atoms with Gasteiger partial charge in [-0.25, -0.2) is 4.98 Å². The fourth-order valence-electron chi connectivity index (χ4n) is 2.15. The highest BCUT2D eigenvalue weighted by atomic mass is 16.5. The van der Waals surface area contributed by atoms with Crippen LogP contribution < -0.4 is 10.6 Å². The molecule has 0 fully saturated rings. The largest absolute Gasteiger partial charge is 0.364 e. The van der Waals surface area contributed by atoms with E-state index in [2.05, 4.69) is 30.7 Å². The third-order valence-electron chi connectivity index (χ3n) is 3.59. The first-order valence-corrected chi connectivity index (χ1v) is 8.32. The molecule has 0 radical (unpaired) electrons. The zero-order valence-electron chi connectivity index (χ0n) is 14.6. The highest BCUT2D eigenvalue weighted by molar-refractivity contribution is 5.93. The second-order valence-electron chi connectivity index (χ2n) is 5.99. The van der Waals surface area contributed by atoms with E-state index in [-0.39, 0.29) is 18.4 Å². The van der Waals surface area contributed by atoms with Gasteiger partial charge in [-0.05, 0) is 24.3 Å². The number of hydrogen-bond donors (Lipinski definition) is 2. The second-order valence-corrected chi connectivity index (χ2v) is 5.99. The second kappa shape index (κ2) is 8.19. The number of pyridine rings is 2. The van der Waals surface area contributed by atoms with E-state index in [1.54, 1.807) is 18.3 Å². The van der Waals surface area contributed by atoms with E-state index in [0.29, 0.717) is 29.6 Å². The Morgan fingerprint density at radius 3 is 2.69 bits per heavy atom. The third-order valence-corrected chi connectivity index (χ3v) is 3.59. The summed E-state index contributed by atoms with van der Waals surface area (Å²) in [6.07, 6.45) is 3.26. The molecule has 8 nitrogen and oxygen atoms in total. The first-order valence-electron chi connectivity index (χ1n) is 8.32. The van der Waals surface area contributed by atoms with Crippen molar-refractivity contribution in [3.8, 4) is 0 Å². The van der Waals surface area contributed by atoms with Crippen molar-refractivity contribution >= 4 is 11.7 Å². The zero-order chi connectivity index (χ0) is 18.4. The Morgan fingerprint density at radius 1 is 1.15 bits per heavy atom. The fraction of sp³-hybridized carbons (Fsp3) is 0.278. The molecule has 0 atom stereocenters. The number of carbonyl (C=O) groups excluding carboxylic acids is 1. The normalized spacial score (nSPS) is 10.7. The van der Waals surface area contributed by atoms with Crippen LogP contribution in [-0.2, 0) is 13.1 Å². The minimum atomic E-state index is -0.246. The van der Waals surface area contributed by atoms with E-state index in [0.717, 1.165) is 5.69 Å². The highest BCUT2D eigenvalue weighted by Gasteiger charge is 2.12. The molecule has 0 aliphatic rings. The highest BCUT2D eigenvalue weighted by Crippen LogP contribution is 2.11. The Balaban J connectivity index is 1.51. The molecule has 0 saturated carbocycles. The number of nitrogens with zero attached hydrogens (tertiary/aromatic N) is 4. The summed E-state index contributed by atoms with van der Waals surface area (Å²) in [5.74, 6) is 1.59. The topological polar surface area (TPSA) is 106 Å². The number of rotatable bonds is 7. The van der Waals surface area contributed by atoms with E-state index in [4.69, 9.17) is 4.52 Å². The molecule has 2 N–H and O–H groups in total. The molecule has 134 valence electrons. The molecule has 1 amide bonds. The van der Waals surface area contributed by atoms with E-state index >= 15 is 0 Å². The molecule has 0 aromatic carbocycles. The van der Waals surface area contributed by atoms with Crippen LogP contribution in [0.5, 0.6) is 0 Å². The predicted molar refractivity (Wildman–Crippen MR) is 95.4 cm³/mol. The van der Waals surface area contributed by atoms with Gasteiger partial charge in [0.15, 0.2) is 5.82 Å². The van der Waals surface area contributed by atoms with Gasteiger partial charge in [0, 0.05) is 18.3 Å². The van der Waals surface area contributed by atoms with Gasteiger partial charge in [0.25, 0.3) is 5.91 Å². The monoisotopic (exact) mass is 352 g/mol. The Kier molecular flexibility index (Phi) is 5.52. The van der Waals surface area contributed by atoms with Crippen LogP contribution in [0.25, 0.3) is 0 Å². The molecule has 0 bridgehead atoms. The minimum absolute atomic E-state index is 0.155. The summed E-state index contributed by atoms with van der Waals surface area (Å²) in [5, 5.41) is 9.75. The number of anilines is 1. The van der Waals surface area contributed by atoms with Gasteiger partial charge in [-0.15, -0.1) is 0 Å². The van der Waals surface area contributed by atoms with Crippen LogP contribution in [0.15, 0.2) is 47.2 Å². The Bertz CT molecular complexity index is 846. The summed E-state index contributed by atoms with van der Waals surface area (Å²) < 4.78 is 5.11. The van der Waals surface area contributed by atoms with Crippen molar-refractivity contribution in [1.82, 2.24) is 25.4 Å². The predicted octanol–water partition coefficient (Wildman–Crippen LogP) is 2.53. The van der Waals surface area contributed by atoms with Crippen LogP contribution in [0.2, 0.25) is 0 Å². The van der Waals surface area contributed by atoms with Gasteiger partial charge in [-0.2, -0.15) is 4.98 Å². The molecule has 3 aromatic heterocycles. The van der Waals surface area contributed by atoms with Gasteiger partial charge in [0.05, 0.1) is 24.3 Å². The van der Waals surface area contributed by atoms with Crippen molar-refractivity contribution in [3.63, 3.8) is 0 Å². The lowest BCUT2D eigenvalue weighted by molar-refractivity contribution is 0.0949. The first-order chi connectivity index (χ1) is 12.6. The van der Waals surface area contributed by atoms with Crippen LogP contribution in [0, 0.1) is 0 Å². The average Bonchev–Trinajstić information content (AvgIpc) is 3.15. The number of nitrogens with one attached hydrogen (secondary N) is 2. The van der Waals surface area contributed by atoms with Gasteiger partial charge >= 0.3 is 0 Å². The van der Waals surface area contributed by atoms with Crippen LogP contribution in [0.4, 0.5) is 5.82 Å². The molecular formula is C18H20N6O2. The van der Waals surface area contributed by atoms with Crippen LogP contribution in [0.1, 0.15) is 47.5 Å². The van der Waals surface area contributed by atoms with Crippen molar-refractivity contribution in [2.75, 3.05) is 5.32 Å². The lowest BCUT2D eigenvalue weighted by Crippen LogP contribution is -2.23. The van der Waals surface area contributed by atoms with Crippen molar-refractivity contribution in [1.29, 1.82) is 0 Å². The zero-order valence-corrected chi connectivity index (χ0v) is 14.6. The maximum atomic E-state index is 12.2. The van der Waals surface area contributed by atoms with E-state index in [1.165, 1.54) is 6.20 Å². The van der Waals surface area contributed by atoms with Gasteiger partial charge < -0.3 is 15.2 Å². The Labute approximate surface area is 151 Å². The third kappa shape index (κ3) is 4.62. The Hall–Kier alpha value is -3.29. The average molecular weight is 352 g/mol. The standard InChI is InChI=1S/C18H20N6O2/c1-12(2)18-23-16(24-26-18)11-22-17(25)13-6-7-15(20-9-13)21-10-14-5-3-4-8-19-14/h3-9,12H,10-11H2,1-2H3,(H,20,21)(H,22,25). The molecule has 0 aliphatic carbocycles. The summed E-state index contributed by atoms with van der Waals surface area (Å²) >= 11 is 0. The molecule has 3 aromatic rings. The molecule has 0 saturated heterocycles. The summed E-state index contributed by atoms with van der Waals surface area (Å²) in [5.41, 5.74) is 1.37. The van der Waals surface area contributed by atoms with Crippen molar-refractivity contribution in [3.05, 3.63) is 65.7 Å². The number of amides is 1. The molecule has 26 heavy (non-hydrogen) atoms. The van der Waals surface area contributed by atoms with Crippen molar-refractivity contribution in [2.24, 2.45) is 0 Å². The van der Waals surface area contributed by atoms with Crippen molar-refractivity contribution in [2.45, 2.75) is 32.9 Å². The maximum Gasteiger partial charge on any atom is 0.253 e. The Morgan fingerprint density at radius 2 is 2.04 bits per heavy atom. The molecule has 0 unspecified atom stereocenters. The SMILES string of the molecule is CC(C)c1nc(CNC(=O)c2ccc(NCc3ccccn3)nc2)no1. The molecule has 3 rings (SSSR count). The van der Waals surface area contributed by atoms with Gasteiger partial charge in [-0.1, -0.05) is 25.1 Å².